The minimum atomic E-state index is -4.02. The molecule has 2 nitrogen and oxygen atoms in total. The van der Waals surface area contributed by atoms with Gasteiger partial charge in [-0.25, -0.2) is 0 Å². The Kier molecular flexibility index (Phi) is 5.53. The van der Waals surface area contributed by atoms with Crippen LogP contribution in [0.1, 0.15) is 47.5 Å². The number of piperidine rings is 1. The smallest absolute Gasteiger partial charge is 0.311 e. The molecule has 0 aromatic heterocycles. The van der Waals surface area contributed by atoms with Gasteiger partial charge in [-0.2, -0.15) is 13.2 Å². The highest BCUT2D eigenvalue weighted by Crippen LogP contribution is 2.34. The van der Waals surface area contributed by atoms with Crippen LogP contribution in [0, 0.1) is 11.3 Å². The Morgan fingerprint density at radius 1 is 1.00 bits per heavy atom. The van der Waals surface area contributed by atoms with E-state index in [1.54, 1.807) is 0 Å². The summed E-state index contributed by atoms with van der Waals surface area (Å²) in [5, 5.41) is 3.48. The number of halogens is 3. The van der Waals surface area contributed by atoms with Crippen molar-refractivity contribution in [2.24, 2.45) is 11.3 Å². The van der Waals surface area contributed by atoms with Gasteiger partial charge in [-0.15, -0.1) is 0 Å². The predicted octanol–water partition coefficient (Wildman–Crippen LogP) is 3.68. The number of alkyl halides is 3. The first-order chi connectivity index (χ1) is 8.89. The zero-order valence-electron chi connectivity index (χ0n) is 13.4. The molecule has 1 saturated heterocycles. The van der Waals surface area contributed by atoms with Gasteiger partial charge in [0.25, 0.3) is 0 Å². The second-order valence-corrected chi connectivity index (χ2v) is 7.86. The highest BCUT2D eigenvalue weighted by Gasteiger charge is 2.41. The van der Waals surface area contributed by atoms with Gasteiger partial charge >= 0.3 is 6.18 Å². The summed E-state index contributed by atoms with van der Waals surface area (Å²) < 4.78 is 37.9. The first-order valence-electron chi connectivity index (χ1n) is 7.43. The number of hydrogen-bond donors (Lipinski definition) is 1. The van der Waals surface area contributed by atoms with Crippen molar-refractivity contribution >= 4 is 0 Å². The van der Waals surface area contributed by atoms with Crippen molar-refractivity contribution in [3.63, 3.8) is 0 Å². The van der Waals surface area contributed by atoms with Crippen molar-refractivity contribution in [2.75, 3.05) is 26.2 Å². The lowest BCUT2D eigenvalue weighted by Gasteiger charge is -2.39. The van der Waals surface area contributed by atoms with Crippen LogP contribution in [0.4, 0.5) is 13.2 Å². The third-order valence-corrected chi connectivity index (χ3v) is 3.80. The molecule has 1 rings (SSSR count). The van der Waals surface area contributed by atoms with Gasteiger partial charge < -0.3 is 10.2 Å². The molecule has 1 heterocycles. The summed E-state index contributed by atoms with van der Waals surface area (Å²) in [6.45, 7) is 13.5. The number of likely N-dealkylation sites (tertiary alicyclic amines) is 1. The Balaban J connectivity index is 2.39. The molecule has 0 amide bonds. The quantitative estimate of drug-likeness (QED) is 0.851. The molecule has 1 N–H and O–H groups in total. The minimum Gasteiger partial charge on any atom is -0.311 e. The lowest BCUT2D eigenvalue weighted by molar-refractivity contribution is -0.185. The summed E-state index contributed by atoms with van der Waals surface area (Å²) >= 11 is 0. The van der Waals surface area contributed by atoms with Crippen molar-refractivity contribution in [3.8, 4) is 0 Å². The highest BCUT2D eigenvalue weighted by molar-refractivity contribution is 4.84. The van der Waals surface area contributed by atoms with Crippen LogP contribution in [-0.4, -0.2) is 42.8 Å². The second-order valence-electron chi connectivity index (χ2n) is 7.86. The Morgan fingerprint density at radius 3 is 1.90 bits per heavy atom. The second kappa shape index (κ2) is 6.22. The first kappa shape index (κ1) is 17.8. The molecule has 1 aliphatic rings. The zero-order chi connectivity index (χ0) is 15.6. The number of hydrogen-bond acceptors (Lipinski definition) is 2. The molecule has 5 heteroatoms. The topological polar surface area (TPSA) is 15.3 Å². The van der Waals surface area contributed by atoms with Crippen LogP contribution < -0.4 is 5.32 Å². The normalized spacial score (nSPS) is 20.4. The summed E-state index contributed by atoms with van der Waals surface area (Å²) in [4.78, 5) is 2.17. The van der Waals surface area contributed by atoms with Gasteiger partial charge in [0.2, 0.25) is 0 Å². The van der Waals surface area contributed by atoms with E-state index in [9.17, 15) is 13.2 Å². The van der Waals surface area contributed by atoms with Crippen molar-refractivity contribution in [2.45, 2.75) is 59.2 Å². The maximum absolute atomic E-state index is 12.6. The largest absolute Gasteiger partial charge is 0.391 e. The highest BCUT2D eigenvalue weighted by atomic mass is 19.4. The first-order valence-corrected chi connectivity index (χ1v) is 7.43. The summed E-state index contributed by atoms with van der Waals surface area (Å²) in [5.41, 5.74) is 0.138. The van der Waals surface area contributed by atoms with Crippen LogP contribution in [0.5, 0.6) is 0 Å². The molecule has 0 spiro atoms. The fourth-order valence-corrected chi connectivity index (χ4v) is 2.58. The van der Waals surface area contributed by atoms with Crippen molar-refractivity contribution in [1.29, 1.82) is 0 Å². The van der Waals surface area contributed by atoms with Crippen LogP contribution in [0.2, 0.25) is 0 Å². The molecule has 1 fully saturated rings. The van der Waals surface area contributed by atoms with E-state index in [1.807, 2.05) is 0 Å². The van der Waals surface area contributed by atoms with Gasteiger partial charge in [0.1, 0.15) is 0 Å². The number of nitrogens with zero attached hydrogens (tertiary/aromatic N) is 1. The third-order valence-electron chi connectivity index (χ3n) is 3.80. The van der Waals surface area contributed by atoms with Gasteiger partial charge in [0.05, 0.1) is 5.92 Å². The summed E-state index contributed by atoms with van der Waals surface area (Å²) in [7, 11) is 0. The van der Waals surface area contributed by atoms with Gasteiger partial charge in [-0.05, 0) is 52.1 Å². The SMILES string of the molecule is CC(C)(CNC(C)(C)C)CN1CCC(C(F)(F)F)CC1. The molecule has 0 saturated carbocycles. The van der Waals surface area contributed by atoms with E-state index in [4.69, 9.17) is 0 Å². The summed E-state index contributed by atoms with van der Waals surface area (Å²) in [6, 6.07) is 0. The standard InChI is InChI=1S/C15H29F3N2/c1-13(2,3)19-10-14(4,5)11-20-8-6-12(7-9-20)15(16,17)18/h12,19H,6-11H2,1-5H3. The molecule has 0 aliphatic carbocycles. The average Bonchev–Trinajstić information content (AvgIpc) is 2.25. The molecule has 0 radical (unpaired) electrons. The Bertz CT molecular complexity index is 297. The Morgan fingerprint density at radius 2 is 1.50 bits per heavy atom. The fraction of sp³-hybridized carbons (Fsp3) is 1.00. The fourth-order valence-electron chi connectivity index (χ4n) is 2.58. The van der Waals surface area contributed by atoms with E-state index < -0.39 is 12.1 Å². The van der Waals surface area contributed by atoms with Gasteiger partial charge in [-0.1, -0.05) is 13.8 Å². The lowest BCUT2D eigenvalue weighted by atomic mass is 9.89. The zero-order valence-corrected chi connectivity index (χ0v) is 13.4. The van der Waals surface area contributed by atoms with Gasteiger partial charge in [-0.3, -0.25) is 0 Å². The van der Waals surface area contributed by atoms with Crippen molar-refractivity contribution in [1.82, 2.24) is 10.2 Å². The van der Waals surface area contributed by atoms with Gasteiger partial charge in [0.15, 0.2) is 0 Å². The third kappa shape index (κ3) is 6.44. The van der Waals surface area contributed by atoms with E-state index >= 15 is 0 Å². The van der Waals surface area contributed by atoms with Crippen LogP contribution >= 0.6 is 0 Å². The Labute approximate surface area is 121 Å². The molecule has 0 aromatic rings. The van der Waals surface area contributed by atoms with E-state index in [-0.39, 0.29) is 23.8 Å². The molecular weight excluding hydrogens is 265 g/mol. The lowest BCUT2D eigenvalue weighted by Crippen LogP contribution is -2.48. The minimum absolute atomic E-state index is 0.0678. The van der Waals surface area contributed by atoms with E-state index in [0.29, 0.717) is 13.1 Å². The molecule has 1 aliphatic heterocycles. The molecule has 0 unspecified atom stereocenters. The maximum Gasteiger partial charge on any atom is 0.391 e. The van der Waals surface area contributed by atoms with E-state index in [0.717, 1.165) is 13.1 Å². The van der Waals surface area contributed by atoms with Crippen molar-refractivity contribution in [3.05, 3.63) is 0 Å². The predicted molar refractivity (Wildman–Crippen MR) is 76.8 cm³/mol. The van der Waals surface area contributed by atoms with Crippen LogP contribution in [0.15, 0.2) is 0 Å². The molecule has 20 heavy (non-hydrogen) atoms. The molecule has 0 bridgehead atoms. The Hall–Kier alpha value is -0.290. The maximum atomic E-state index is 12.6. The molecule has 0 atom stereocenters. The monoisotopic (exact) mass is 294 g/mol. The molecule has 0 aromatic carbocycles. The van der Waals surface area contributed by atoms with Crippen LogP contribution in [0.3, 0.4) is 0 Å². The number of rotatable bonds is 4. The van der Waals surface area contributed by atoms with E-state index in [2.05, 4.69) is 44.8 Å². The van der Waals surface area contributed by atoms with Crippen LogP contribution in [-0.2, 0) is 0 Å². The number of nitrogens with one attached hydrogen (secondary N) is 1. The van der Waals surface area contributed by atoms with Crippen molar-refractivity contribution < 1.29 is 13.2 Å². The molecule has 120 valence electrons. The van der Waals surface area contributed by atoms with E-state index in [1.165, 1.54) is 0 Å². The molecular formula is C15H29F3N2. The summed E-state index contributed by atoms with van der Waals surface area (Å²) in [6.07, 6.45) is -3.53. The average molecular weight is 294 g/mol. The van der Waals surface area contributed by atoms with Crippen LogP contribution in [0.25, 0.3) is 0 Å². The van der Waals surface area contributed by atoms with Gasteiger partial charge in [0, 0.05) is 18.6 Å². The summed E-state index contributed by atoms with van der Waals surface area (Å²) in [5.74, 6) is -1.10.